The van der Waals surface area contributed by atoms with Crippen LogP contribution in [-0.4, -0.2) is 28.3 Å². The molecule has 1 N–H and O–H groups in total. The fourth-order valence-electron chi connectivity index (χ4n) is 4.36. The highest BCUT2D eigenvalue weighted by Crippen LogP contribution is 2.37. The number of hydrogen-bond acceptors (Lipinski definition) is 3. The summed E-state index contributed by atoms with van der Waals surface area (Å²) in [6, 6.07) is 0. The molecule has 2 fully saturated rings. The maximum absolute atomic E-state index is 6.06. The van der Waals surface area contributed by atoms with Gasteiger partial charge in [0.2, 0.25) is 0 Å². The molecule has 1 aromatic heterocycles. The van der Waals surface area contributed by atoms with E-state index in [1.807, 2.05) is 0 Å². The van der Waals surface area contributed by atoms with Crippen LogP contribution >= 0.6 is 0 Å². The van der Waals surface area contributed by atoms with Crippen LogP contribution in [0.15, 0.2) is 0 Å². The lowest BCUT2D eigenvalue weighted by atomic mass is 10.0. The summed E-state index contributed by atoms with van der Waals surface area (Å²) in [5.41, 5.74) is 2.80. The van der Waals surface area contributed by atoms with Crippen molar-refractivity contribution in [3.63, 3.8) is 0 Å². The Balaban J connectivity index is 1.70. The Morgan fingerprint density at radius 1 is 1.33 bits per heavy atom. The van der Waals surface area contributed by atoms with Crippen LogP contribution in [0.2, 0.25) is 0 Å². The summed E-state index contributed by atoms with van der Waals surface area (Å²) < 4.78 is 8.61. The Morgan fingerprint density at radius 2 is 2.19 bits per heavy atom. The maximum atomic E-state index is 6.06. The minimum Gasteiger partial charge on any atom is -0.373 e. The molecule has 1 saturated heterocycles. The topological polar surface area (TPSA) is 39.1 Å². The molecule has 3 aliphatic rings. The Bertz CT molecular complexity index is 510. The molecule has 1 atom stereocenters. The van der Waals surface area contributed by atoms with E-state index in [1.165, 1.54) is 55.7 Å². The second-order valence-electron chi connectivity index (χ2n) is 7.26. The molecule has 4 heteroatoms. The molecule has 1 unspecified atom stereocenters. The summed E-state index contributed by atoms with van der Waals surface area (Å²) in [6.07, 6.45) is 8.88. The van der Waals surface area contributed by atoms with E-state index < -0.39 is 0 Å². The number of nitrogens with one attached hydrogen (secondary N) is 1. The fraction of sp³-hybridized carbons (Fsp3) is 0.824. The van der Waals surface area contributed by atoms with Gasteiger partial charge in [-0.3, -0.25) is 0 Å². The van der Waals surface area contributed by atoms with Gasteiger partial charge in [0.05, 0.1) is 17.8 Å². The summed E-state index contributed by atoms with van der Waals surface area (Å²) in [6.45, 7) is 6.24. The second kappa shape index (κ2) is 5.40. The Morgan fingerprint density at radius 3 is 2.95 bits per heavy atom. The van der Waals surface area contributed by atoms with Crippen molar-refractivity contribution in [3.8, 4) is 0 Å². The van der Waals surface area contributed by atoms with Gasteiger partial charge in [0.25, 0.3) is 0 Å². The molecule has 0 radical (unpaired) electrons. The molecule has 4 rings (SSSR count). The number of rotatable bonds is 3. The molecule has 0 aromatic carbocycles. The van der Waals surface area contributed by atoms with Crippen molar-refractivity contribution >= 4 is 0 Å². The van der Waals surface area contributed by atoms with E-state index >= 15 is 0 Å². The zero-order chi connectivity index (χ0) is 14.3. The number of aromatic nitrogens is 2. The van der Waals surface area contributed by atoms with Gasteiger partial charge < -0.3 is 14.6 Å². The fourth-order valence-corrected chi connectivity index (χ4v) is 4.36. The van der Waals surface area contributed by atoms with Gasteiger partial charge in [-0.1, -0.05) is 12.8 Å². The van der Waals surface area contributed by atoms with E-state index in [-0.39, 0.29) is 5.60 Å². The van der Waals surface area contributed by atoms with E-state index in [4.69, 9.17) is 9.72 Å². The smallest absolute Gasteiger partial charge is 0.112 e. The van der Waals surface area contributed by atoms with Crippen LogP contribution in [0.4, 0.5) is 0 Å². The van der Waals surface area contributed by atoms with Crippen LogP contribution in [0.1, 0.15) is 68.6 Å². The van der Waals surface area contributed by atoms with Gasteiger partial charge in [-0.05, 0) is 32.6 Å². The van der Waals surface area contributed by atoms with Gasteiger partial charge in [0.1, 0.15) is 5.82 Å². The molecular formula is C17H27N3O. The van der Waals surface area contributed by atoms with Crippen molar-refractivity contribution in [1.82, 2.24) is 14.9 Å². The highest BCUT2D eigenvalue weighted by molar-refractivity contribution is 5.23. The molecule has 116 valence electrons. The van der Waals surface area contributed by atoms with Crippen LogP contribution in [0.25, 0.3) is 0 Å². The lowest BCUT2D eigenvalue weighted by Crippen LogP contribution is -2.33. The summed E-state index contributed by atoms with van der Waals surface area (Å²) in [4.78, 5) is 5.05. The minimum atomic E-state index is 0.0205. The maximum Gasteiger partial charge on any atom is 0.112 e. The second-order valence-corrected chi connectivity index (χ2v) is 7.26. The van der Waals surface area contributed by atoms with Gasteiger partial charge >= 0.3 is 0 Å². The average molecular weight is 289 g/mol. The van der Waals surface area contributed by atoms with Crippen molar-refractivity contribution in [2.24, 2.45) is 0 Å². The third-order valence-electron chi connectivity index (χ3n) is 5.53. The molecule has 0 bridgehead atoms. The van der Waals surface area contributed by atoms with Crippen LogP contribution in [0.5, 0.6) is 0 Å². The van der Waals surface area contributed by atoms with E-state index in [9.17, 15) is 0 Å². The third kappa shape index (κ3) is 2.53. The van der Waals surface area contributed by atoms with Gasteiger partial charge in [-0.15, -0.1) is 0 Å². The monoisotopic (exact) mass is 289 g/mol. The Labute approximate surface area is 127 Å². The first-order valence-electron chi connectivity index (χ1n) is 8.68. The first-order chi connectivity index (χ1) is 10.3. The highest BCUT2D eigenvalue weighted by atomic mass is 16.5. The van der Waals surface area contributed by atoms with Crippen LogP contribution < -0.4 is 5.32 Å². The first kappa shape index (κ1) is 13.8. The molecule has 3 heterocycles. The van der Waals surface area contributed by atoms with Crippen molar-refractivity contribution in [2.75, 3.05) is 13.2 Å². The van der Waals surface area contributed by atoms with Gasteiger partial charge in [0, 0.05) is 37.7 Å². The summed E-state index contributed by atoms with van der Waals surface area (Å²) in [5, 5.41) is 3.47. The summed E-state index contributed by atoms with van der Waals surface area (Å²) in [5.74, 6) is 2.04. The standard InChI is InChI=1S/C17H27N3O/c1-17(8-4-10-21-17)12-20-15-7-9-18-11-14(15)19-16(20)13-5-2-3-6-13/h13,18H,2-12H2,1H3. The molecule has 21 heavy (non-hydrogen) atoms. The van der Waals surface area contributed by atoms with Crippen LogP contribution in [0, 0.1) is 0 Å². The summed E-state index contributed by atoms with van der Waals surface area (Å²) >= 11 is 0. The van der Waals surface area contributed by atoms with Crippen molar-refractivity contribution in [1.29, 1.82) is 0 Å². The van der Waals surface area contributed by atoms with Crippen molar-refractivity contribution < 1.29 is 4.74 Å². The van der Waals surface area contributed by atoms with Crippen LogP contribution in [-0.2, 0) is 24.2 Å². The SMILES string of the molecule is CC1(Cn2c(C3CCCC3)nc3c2CCNC3)CCCO1. The molecule has 1 saturated carbocycles. The van der Waals surface area contributed by atoms with Crippen molar-refractivity contribution in [2.45, 2.75) is 76.5 Å². The largest absolute Gasteiger partial charge is 0.373 e. The normalized spacial score (nSPS) is 30.0. The molecule has 0 amide bonds. The van der Waals surface area contributed by atoms with E-state index in [2.05, 4.69) is 16.8 Å². The quantitative estimate of drug-likeness (QED) is 0.930. The lowest BCUT2D eigenvalue weighted by molar-refractivity contribution is 0.00481. The zero-order valence-corrected chi connectivity index (χ0v) is 13.2. The molecule has 4 nitrogen and oxygen atoms in total. The summed E-state index contributed by atoms with van der Waals surface area (Å²) in [7, 11) is 0. The Hall–Kier alpha value is -0.870. The lowest BCUT2D eigenvalue weighted by Gasteiger charge is -2.27. The van der Waals surface area contributed by atoms with E-state index in [0.29, 0.717) is 5.92 Å². The zero-order valence-electron chi connectivity index (χ0n) is 13.2. The minimum absolute atomic E-state index is 0.0205. The number of ether oxygens (including phenoxy) is 1. The molecule has 2 aliphatic heterocycles. The van der Waals surface area contributed by atoms with E-state index in [0.717, 1.165) is 32.7 Å². The average Bonchev–Trinajstić information content (AvgIpc) is 3.20. The third-order valence-corrected chi connectivity index (χ3v) is 5.53. The number of hydrogen-bond donors (Lipinski definition) is 1. The molecule has 1 aliphatic carbocycles. The van der Waals surface area contributed by atoms with Crippen molar-refractivity contribution in [3.05, 3.63) is 17.2 Å². The predicted octanol–water partition coefficient (Wildman–Crippen LogP) is 2.76. The van der Waals surface area contributed by atoms with Gasteiger partial charge in [0.15, 0.2) is 0 Å². The highest BCUT2D eigenvalue weighted by Gasteiger charge is 2.34. The molecule has 0 spiro atoms. The van der Waals surface area contributed by atoms with Gasteiger partial charge in [-0.2, -0.15) is 0 Å². The predicted molar refractivity (Wildman–Crippen MR) is 82.4 cm³/mol. The Kier molecular flexibility index (Phi) is 3.54. The number of fused-ring (bicyclic) bond motifs is 1. The number of imidazole rings is 1. The van der Waals surface area contributed by atoms with E-state index in [1.54, 1.807) is 0 Å². The van der Waals surface area contributed by atoms with Gasteiger partial charge in [-0.25, -0.2) is 4.98 Å². The molecule has 1 aromatic rings. The van der Waals surface area contributed by atoms with Crippen LogP contribution in [0.3, 0.4) is 0 Å². The molecular weight excluding hydrogens is 262 g/mol. The first-order valence-corrected chi connectivity index (χ1v) is 8.68. The number of nitrogens with zero attached hydrogens (tertiary/aromatic N) is 2.